The van der Waals surface area contributed by atoms with Crippen molar-refractivity contribution in [1.82, 2.24) is 0 Å². The van der Waals surface area contributed by atoms with Crippen molar-refractivity contribution in [2.24, 2.45) is 23.7 Å². The minimum Gasteiger partial charge on any atom is -0.299 e. The van der Waals surface area contributed by atoms with Crippen LogP contribution in [0.3, 0.4) is 0 Å². The first kappa shape index (κ1) is 6.22. The van der Waals surface area contributed by atoms with Gasteiger partial charge in [-0.2, -0.15) is 0 Å². The summed E-state index contributed by atoms with van der Waals surface area (Å²) in [5, 5.41) is 0. The molecule has 5 aliphatic carbocycles. The van der Waals surface area contributed by atoms with E-state index in [-0.39, 0.29) is 0 Å². The van der Waals surface area contributed by atoms with Gasteiger partial charge < -0.3 is 0 Å². The van der Waals surface area contributed by atoms with E-state index in [0.717, 1.165) is 24.2 Å². The second kappa shape index (κ2) is 1.88. The van der Waals surface area contributed by atoms with Crippen LogP contribution < -0.4 is 0 Å². The molecule has 0 N–H and O–H groups in total. The van der Waals surface area contributed by atoms with Crippen LogP contribution in [-0.2, 0) is 4.79 Å². The molecule has 5 fully saturated rings. The fourth-order valence-electron chi connectivity index (χ4n) is 3.61. The van der Waals surface area contributed by atoms with E-state index in [1.54, 1.807) is 0 Å². The Morgan fingerprint density at radius 2 is 1.82 bits per heavy atom. The third-order valence-electron chi connectivity index (χ3n) is 4.18. The molecule has 0 spiro atoms. The summed E-state index contributed by atoms with van der Waals surface area (Å²) in [6.07, 6.45) is 6.37. The quantitative estimate of drug-likeness (QED) is 0.516. The van der Waals surface area contributed by atoms with Crippen molar-refractivity contribution in [3.63, 3.8) is 0 Å². The minimum atomic E-state index is 0.513. The molecule has 1 heteroatoms. The molecule has 5 rings (SSSR count). The summed E-state index contributed by atoms with van der Waals surface area (Å²) in [5.74, 6) is 3.68. The maximum Gasteiger partial charge on any atom is 0.136 e. The number of ketones is 1. The molecule has 5 saturated carbocycles. The van der Waals surface area contributed by atoms with Gasteiger partial charge in [-0.25, -0.2) is 0 Å². The van der Waals surface area contributed by atoms with Gasteiger partial charge in [0.05, 0.1) is 0 Å². The maximum absolute atomic E-state index is 11.4. The van der Waals surface area contributed by atoms with E-state index in [2.05, 4.69) is 0 Å². The largest absolute Gasteiger partial charge is 0.299 e. The summed E-state index contributed by atoms with van der Waals surface area (Å²) in [6.45, 7) is 0. The normalized spacial score (nSPS) is 53.6. The van der Waals surface area contributed by atoms with Gasteiger partial charge in [0.15, 0.2) is 0 Å². The molecule has 0 radical (unpaired) electrons. The molecular weight excluding hydrogens is 136 g/mol. The Bertz CT molecular complexity index is 209. The molecule has 0 aromatic carbocycles. The summed E-state index contributed by atoms with van der Waals surface area (Å²) in [4.78, 5) is 11.4. The topological polar surface area (TPSA) is 17.1 Å². The fraction of sp³-hybridized carbons (Fsp3) is 0.900. The summed E-state index contributed by atoms with van der Waals surface area (Å²) < 4.78 is 0. The highest BCUT2D eigenvalue weighted by molar-refractivity contribution is 5.83. The molecule has 5 aliphatic rings. The molecule has 0 saturated heterocycles. The van der Waals surface area contributed by atoms with Gasteiger partial charge in [-0.05, 0) is 43.4 Å². The van der Waals surface area contributed by atoms with Crippen LogP contribution in [0.4, 0.5) is 0 Å². The predicted molar refractivity (Wildman–Crippen MR) is 42.1 cm³/mol. The Morgan fingerprint density at radius 1 is 1.00 bits per heavy atom. The molecule has 4 bridgehead atoms. The third kappa shape index (κ3) is 0.692. The van der Waals surface area contributed by atoms with E-state index >= 15 is 0 Å². The van der Waals surface area contributed by atoms with Crippen molar-refractivity contribution >= 4 is 5.78 Å². The first-order valence-electron chi connectivity index (χ1n) is 4.87. The fourth-order valence-corrected chi connectivity index (χ4v) is 3.61. The van der Waals surface area contributed by atoms with Crippen molar-refractivity contribution < 1.29 is 4.79 Å². The molecule has 0 aliphatic heterocycles. The molecule has 0 aromatic rings. The van der Waals surface area contributed by atoms with Gasteiger partial charge in [0, 0.05) is 12.3 Å². The van der Waals surface area contributed by atoms with E-state index < -0.39 is 0 Å². The smallest absolute Gasteiger partial charge is 0.136 e. The van der Waals surface area contributed by atoms with Crippen LogP contribution in [-0.4, -0.2) is 5.78 Å². The van der Waals surface area contributed by atoms with Gasteiger partial charge >= 0.3 is 0 Å². The van der Waals surface area contributed by atoms with Crippen LogP contribution in [0.5, 0.6) is 0 Å². The molecule has 60 valence electrons. The standard InChI is InChI=1S/C10H14O/c11-10-5-8-3-7-2-1-6(8)4-9(7)10/h6-9H,1-5H2. The van der Waals surface area contributed by atoms with E-state index in [0.29, 0.717) is 11.7 Å². The number of hydrogen-bond donors (Lipinski definition) is 0. The van der Waals surface area contributed by atoms with Gasteiger partial charge in [0.2, 0.25) is 0 Å². The van der Waals surface area contributed by atoms with Gasteiger partial charge in [-0.3, -0.25) is 4.79 Å². The lowest BCUT2D eigenvalue weighted by Crippen LogP contribution is -2.47. The van der Waals surface area contributed by atoms with Crippen LogP contribution in [0.15, 0.2) is 0 Å². The SMILES string of the molecule is O=C1CC2CC3CCC2CC13. The molecule has 0 aromatic heterocycles. The molecule has 0 heterocycles. The number of fused-ring (bicyclic) bond motifs is 2. The number of Topliss-reactive ketones (excluding diaryl/α,β-unsaturated/α-hetero) is 1. The summed E-state index contributed by atoms with van der Waals surface area (Å²) >= 11 is 0. The lowest BCUT2D eigenvalue weighted by molar-refractivity contribution is -0.140. The van der Waals surface area contributed by atoms with Crippen molar-refractivity contribution in [3.05, 3.63) is 0 Å². The first-order chi connectivity index (χ1) is 5.34. The zero-order valence-electron chi connectivity index (χ0n) is 6.75. The Kier molecular flexibility index (Phi) is 1.06. The zero-order valence-corrected chi connectivity index (χ0v) is 6.75. The van der Waals surface area contributed by atoms with Crippen LogP contribution >= 0.6 is 0 Å². The second-order valence-electron chi connectivity index (χ2n) is 4.61. The molecule has 11 heavy (non-hydrogen) atoms. The lowest BCUT2D eigenvalue weighted by Gasteiger charge is -2.51. The Balaban J connectivity index is 1.99. The van der Waals surface area contributed by atoms with Crippen molar-refractivity contribution in [1.29, 1.82) is 0 Å². The third-order valence-corrected chi connectivity index (χ3v) is 4.18. The van der Waals surface area contributed by atoms with Crippen LogP contribution in [0.1, 0.15) is 32.1 Å². The van der Waals surface area contributed by atoms with Crippen molar-refractivity contribution in [3.8, 4) is 0 Å². The van der Waals surface area contributed by atoms with Crippen molar-refractivity contribution in [2.45, 2.75) is 32.1 Å². The maximum atomic E-state index is 11.4. The highest BCUT2D eigenvalue weighted by Gasteiger charge is 2.49. The number of rotatable bonds is 0. The molecule has 4 atom stereocenters. The molecule has 4 unspecified atom stereocenters. The Hall–Kier alpha value is -0.330. The van der Waals surface area contributed by atoms with E-state index in [9.17, 15) is 4.79 Å². The summed E-state index contributed by atoms with van der Waals surface area (Å²) in [6, 6.07) is 0. The number of carbonyl (C=O) groups is 1. The van der Waals surface area contributed by atoms with Crippen LogP contribution in [0.2, 0.25) is 0 Å². The van der Waals surface area contributed by atoms with Gasteiger partial charge in [-0.1, -0.05) is 0 Å². The Labute approximate surface area is 67.2 Å². The van der Waals surface area contributed by atoms with E-state index in [4.69, 9.17) is 0 Å². The highest BCUT2D eigenvalue weighted by atomic mass is 16.1. The van der Waals surface area contributed by atoms with Crippen molar-refractivity contribution in [2.75, 3.05) is 0 Å². The zero-order chi connectivity index (χ0) is 7.42. The summed E-state index contributed by atoms with van der Waals surface area (Å²) in [5.41, 5.74) is 0. The van der Waals surface area contributed by atoms with Crippen LogP contribution in [0, 0.1) is 23.7 Å². The monoisotopic (exact) mass is 150 g/mol. The lowest BCUT2D eigenvalue weighted by atomic mass is 9.53. The summed E-state index contributed by atoms with van der Waals surface area (Å²) in [7, 11) is 0. The Morgan fingerprint density at radius 3 is 2.36 bits per heavy atom. The van der Waals surface area contributed by atoms with E-state index in [1.165, 1.54) is 25.7 Å². The molecular formula is C10H14O. The average Bonchev–Trinajstić information content (AvgIpc) is 2.05. The van der Waals surface area contributed by atoms with Gasteiger partial charge in [0.25, 0.3) is 0 Å². The second-order valence-corrected chi connectivity index (χ2v) is 4.61. The van der Waals surface area contributed by atoms with Crippen LogP contribution in [0.25, 0.3) is 0 Å². The highest BCUT2D eigenvalue weighted by Crippen LogP contribution is 2.54. The molecule has 1 nitrogen and oxygen atoms in total. The number of carbonyl (C=O) groups excluding carboxylic acids is 1. The number of hydrogen-bond acceptors (Lipinski definition) is 1. The first-order valence-corrected chi connectivity index (χ1v) is 4.87. The minimum absolute atomic E-state index is 0.513. The predicted octanol–water partition coefficient (Wildman–Crippen LogP) is 2.01. The van der Waals surface area contributed by atoms with Gasteiger partial charge in [0.1, 0.15) is 5.78 Å². The van der Waals surface area contributed by atoms with Gasteiger partial charge in [-0.15, -0.1) is 0 Å². The molecule has 0 amide bonds. The van der Waals surface area contributed by atoms with E-state index in [1.807, 2.05) is 0 Å². The average molecular weight is 150 g/mol.